The molecule has 7 nitrogen and oxygen atoms in total. The fraction of sp³-hybridized carbons (Fsp3) is 0.421. The molecule has 0 amide bonds. The highest BCUT2D eigenvalue weighted by molar-refractivity contribution is 5.94. The molecule has 26 heavy (non-hydrogen) atoms. The maximum absolute atomic E-state index is 11.9. The van der Waals surface area contributed by atoms with Crippen molar-refractivity contribution in [3.63, 3.8) is 0 Å². The second kappa shape index (κ2) is 8.03. The number of carbonyl (C=O) groups excluding carboxylic acids is 1. The van der Waals surface area contributed by atoms with E-state index in [9.17, 15) is 4.79 Å². The first-order valence-corrected chi connectivity index (χ1v) is 8.50. The zero-order valence-corrected chi connectivity index (χ0v) is 15.3. The van der Waals surface area contributed by atoms with Gasteiger partial charge in [-0.1, -0.05) is 6.07 Å². The molecule has 0 spiro atoms. The van der Waals surface area contributed by atoms with Crippen molar-refractivity contribution in [3.05, 3.63) is 41.9 Å². The van der Waals surface area contributed by atoms with Crippen molar-refractivity contribution in [2.45, 2.75) is 12.8 Å². The SMILES string of the molecule is COC(=O)c1cncnc1N1CCC(Cc2ccc(OC)c(OC)c2)C1. The molecule has 2 heterocycles. The van der Waals surface area contributed by atoms with E-state index in [4.69, 9.17) is 14.2 Å². The van der Waals surface area contributed by atoms with Crippen LogP contribution in [0.3, 0.4) is 0 Å². The lowest BCUT2D eigenvalue weighted by Gasteiger charge is -2.19. The van der Waals surface area contributed by atoms with E-state index in [1.54, 1.807) is 14.2 Å². The molecule has 1 unspecified atom stereocenters. The van der Waals surface area contributed by atoms with E-state index in [1.807, 2.05) is 12.1 Å². The minimum Gasteiger partial charge on any atom is -0.493 e. The number of aromatic nitrogens is 2. The molecule has 1 atom stereocenters. The van der Waals surface area contributed by atoms with Crippen LogP contribution in [0.25, 0.3) is 0 Å². The molecule has 1 aliphatic rings. The average Bonchev–Trinajstić information content (AvgIpc) is 3.15. The Hall–Kier alpha value is -2.83. The largest absolute Gasteiger partial charge is 0.493 e. The third-order valence-corrected chi connectivity index (χ3v) is 4.65. The number of rotatable bonds is 6. The molecule has 1 fully saturated rings. The highest BCUT2D eigenvalue weighted by Crippen LogP contribution is 2.31. The van der Waals surface area contributed by atoms with Crippen molar-refractivity contribution >= 4 is 11.8 Å². The first-order chi connectivity index (χ1) is 12.7. The number of methoxy groups -OCH3 is 3. The van der Waals surface area contributed by atoms with E-state index in [-0.39, 0.29) is 0 Å². The van der Waals surface area contributed by atoms with Gasteiger partial charge in [0.15, 0.2) is 11.5 Å². The third kappa shape index (κ3) is 3.71. The molecule has 0 radical (unpaired) electrons. The molecular formula is C19H23N3O4. The van der Waals surface area contributed by atoms with E-state index in [0.717, 1.165) is 37.4 Å². The summed E-state index contributed by atoms with van der Waals surface area (Å²) in [5.41, 5.74) is 1.60. The third-order valence-electron chi connectivity index (χ3n) is 4.65. The van der Waals surface area contributed by atoms with Crippen LogP contribution in [0.4, 0.5) is 5.82 Å². The Balaban J connectivity index is 1.71. The zero-order valence-electron chi connectivity index (χ0n) is 15.3. The second-order valence-corrected chi connectivity index (χ2v) is 6.25. The van der Waals surface area contributed by atoms with Crippen molar-refractivity contribution in [2.24, 2.45) is 5.92 Å². The molecule has 0 aliphatic carbocycles. The number of carbonyl (C=O) groups is 1. The van der Waals surface area contributed by atoms with E-state index in [0.29, 0.717) is 17.3 Å². The van der Waals surface area contributed by atoms with Crippen LogP contribution in [0.1, 0.15) is 22.3 Å². The summed E-state index contributed by atoms with van der Waals surface area (Å²) < 4.78 is 15.5. The smallest absolute Gasteiger partial charge is 0.343 e. The summed E-state index contributed by atoms with van der Waals surface area (Å²) in [7, 11) is 4.64. The Kier molecular flexibility index (Phi) is 5.55. The molecule has 2 aromatic rings. The molecular weight excluding hydrogens is 334 g/mol. The van der Waals surface area contributed by atoms with E-state index in [2.05, 4.69) is 20.9 Å². The number of ether oxygens (including phenoxy) is 3. The predicted octanol–water partition coefficient (Wildman–Crippen LogP) is 2.35. The topological polar surface area (TPSA) is 73.8 Å². The number of hydrogen-bond donors (Lipinski definition) is 0. The van der Waals surface area contributed by atoms with E-state index in [1.165, 1.54) is 25.2 Å². The summed E-state index contributed by atoms with van der Waals surface area (Å²) in [6.07, 6.45) is 4.92. The highest BCUT2D eigenvalue weighted by atomic mass is 16.5. The standard InChI is InChI=1S/C19H23N3O4/c1-24-16-5-4-13(9-17(16)25-2)8-14-6-7-22(11-14)18-15(19(23)26-3)10-20-12-21-18/h4-5,9-10,12,14H,6-8,11H2,1-3H3. The van der Waals surface area contributed by atoms with Crippen LogP contribution < -0.4 is 14.4 Å². The predicted molar refractivity (Wildman–Crippen MR) is 96.9 cm³/mol. The molecule has 0 bridgehead atoms. The van der Waals surface area contributed by atoms with Crippen LogP contribution in [0.15, 0.2) is 30.7 Å². The first-order valence-electron chi connectivity index (χ1n) is 8.50. The normalized spacial score (nSPS) is 16.4. The van der Waals surface area contributed by atoms with Crippen molar-refractivity contribution in [2.75, 3.05) is 39.3 Å². The van der Waals surface area contributed by atoms with Gasteiger partial charge in [0.2, 0.25) is 0 Å². The van der Waals surface area contributed by atoms with Crippen LogP contribution in [-0.2, 0) is 11.2 Å². The number of hydrogen-bond acceptors (Lipinski definition) is 7. The monoisotopic (exact) mass is 357 g/mol. The van der Waals surface area contributed by atoms with Gasteiger partial charge >= 0.3 is 5.97 Å². The molecule has 0 saturated carbocycles. The average molecular weight is 357 g/mol. The summed E-state index contributed by atoms with van der Waals surface area (Å²) in [6.45, 7) is 1.67. The van der Waals surface area contributed by atoms with Crippen molar-refractivity contribution in [3.8, 4) is 11.5 Å². The summed E-state index contributed by atoms with van der Waals surface area (Å²) in [5.74, 6) is 2.16. The van der Waals surface area contributed by atoms with Crippen molar-refractivity contribution in [1.82, 2.24) is 9.97 Å². The minimum absolute atomic E-state index is 0.404. The number of esters is 1. The maximum Gasteiger partial charge on any atom is 0.343 e. The first kappa shape index (κ1) is 18.0. The van der Waals surface area contributed by atoms with Gasteiger partial charge in [0.1, 0.15) is 17.7 Å². The van der Waals surface area contributed by atoms with Gasteiger partial charge in [-0.3, -0.25) is 0 Å². The van der Waals surface area contributed by atoms with Crippen LogP contribution in [-0.4, -0.2) is 50.4 Å². The summed E-state index contributed by atoms with van der Waals surface area (Å²) in [5, 5.41) is 0. The molecule has 138 valence electrons. The van der Waals surface area contributed by atoms with Crippen LogP contribution in [0.2, 0.25) is 0 Å². The molecule has 7 heteroatoms. The Morgan fingerprint density at radius 1 is 1.23 bits per heavy atom. The zero-order chi connectivity index (χ0) is 18.5. The van der Waals surface area contributed by atoms with Gasteiger partial charge < -0.3 is 19.1 Å². The van der Waals surface area contributed by atoms with Crippen molar-refractivity contribution in [1.29, 1.82) is 0 Å². The van der Waals surface area contributed by atoms with E-state index >= 15 is 0 Å². The Morgan fingerprint density at radius 3 is 2.77 bits per heavy atom. The van der Waals surface area contributed by atoms with Crippen LogP contribution in [0.5, 0.6) is 11.5 Å². The molecule has 0 N–H and O–H groups in total. The Morgan fingerprint density at radius 2 is 2.04 bits per heavy atom. The summed E-state index contributed by atoms with van der Waals surface area (Å²) in [4.78, 5) is 22.3. The lowest BCUT2D eigenvalue weighted by atomic mass is 9.98. The number of anilines is 1. The lowest BCUT2D eigenvalue weighted by Crippen LogP contribution is -2.24. The fourth-order valence-corrected chi connectivity index (χ4v) is 3.36. The number of nitrogens with zero attached hydrogens (tertiary/aromatic N) is 3. The van der Waals surface area contributed by atoms with Gasteiger partial charge in [0.25, 0.3) is 0 Å². The molecule has 1 saturated heterocycles. The lowest BCUT2D eigenvalue weighted by molar-refractivity contribution is 0.0600. The van der Waals surface area contributed by atoms with Crippen LogP contribution in [0, 0.1) is 5.92 Å². The maximum atomic E-state index is 11.9. The van der Waals surface area contributed by atoms with Gasteiger partial charge in [0, 0.05) is 19.3 Å². The highest BCUT2D eigenvalue weighted by Gasteiger charge is 2.27. The number of benzene rings is 1. The van der Waals surface area contributed by atoms with E-state index < -0.39 is 5.97 Å². The van der Waals surface area contributed by atoms with Gasteiger partial charge in [-0.25, -0.2) is 14.8 Å². The Bertz CT molecular complexity index is 781. The second-order valence-electron chi connectivity index (χ2n) is 6.25. The molecule has 1 aliphatic heterocycles. The van der Waals surface area contributed by atoms with Gasteiger partial charge in [-0.2, -0.15) is 0 Å². The molecule has 1 aromatic heterocycles. The van der Waals surface area contributed by atoms with Gasteiger partial charge in [0.05, 0.1) is 21.3 Å². The molecule has 3 rings (SSSR count). The quantitative estimate of drug-likeness (QED) is 0.735. The van der Waals surface area contributed by atoms with Gasteiger partial charge in [-0.15, -0.1) is 0 Å². The van der Waals surface area contributed by atoms with Crippen LogP contribution >= 0.6 is 0 Å². The summed E-state index contributed by atoms with van der Waals surface area (Å²) >= 11 is 0. The Labute approximate surface area is 152 Å². The summed E-state index contributed by atoms with van der Waals surface area (Å²) in [6, 6.07) is 6.02. The minimum atomic E-state index is -0.413. The fourth-order valence-electron chi connectivity index (χ4n) is 3.36. The molecule has 1 aromatic carbocycles. The van der Waals surface area contributed by atoms with Crippen molar-refractivity contribution < 1.29 is 19.0 Å². The van der Waals surface area contributed by atoms with Gasteiger partial charge in [-0.05, 0) is 36.5 Å².